The summed E-state index contributed by atoms with van der Waals surface area (Å²) in [5.41, 5.74) is 0.0649. The van der Waals surface area contributed by atoms with Crippen LogP contribution in [0, 0.1) is 0 Å². The van der Waals surface area contributed by atoms with Gasteiger partial charge in [-0.05, 0) is 26.3 Å². The fourth-order valence-corrected chi connectivity index (χ4v) is 2.74. The van der Waals surface area contributed by atoms with Crippen molar-refractivity contribution in [3.63, 3.8) is 0 Å². The summed E-state index contributed by atoms with van der Waals surface area (Å²) in [5, 5.41) is 0. The Morgan fingerprint density at radius 3 is 3.23 bits per heavy atom. The summed E-state index contributed by atoms with van der Waals surface area (Å²) < 4.78 is 18.7. The number of hydrogen-bond acceptors (Lipinski definition) is 2. The molecule has 0 radical (unpaired) electrons. The minimum absolute atomic E-state index is 0.0649. The van der Waals surface area contributed by atoms with Gasteiger partial charge in [-0.15, -0.1) is 0 Å². The molecule has 2 aliphatic heterocycles. The number of nitrogens with zero attached hydrogens (tertiary/aromatic N) is 1. The van der Waals surface area contributed by atoms with Gasteiger partial charge in [-0.2, -0.15) is 0 Å². The smallest absolute Gasteiger partial charge is 0.115 e. The summed E-state index contributed by atoms with van der Waals surface area (Å²) in [5.74, 6) is 0. The Balaban J connectivity index is 2.00. The monoisotopic (exact) mass is 187 g/mol. The Kier molecular flexibility index (Phi) is 2.56. The molecule has 13 heavy (non-hydrogen) atoms. The molecule has 0 N–H and O–H groups in total. The van der Waals surface area contributed by atoms with Crippen LogP contribution in [-0.2, 0) is 4.74 Å². The highest BCUT2D eigenvalue weighted by Gasteiger charge is 2.48. The van der Waals surface area contributed by atoms with Crippen molar-refractivity contribution in [1.82, 2.24) is 4.90 Å². The van der Waals surface area contributed by atoms with Crippen LogP contribution in [0.1, 0.15) is 26.2 Å². The van der Waals surface area contributed by atoms with Gasteiger partial charge in [0.1, 0.15) is 6.17 Å². The Hall–Kier alpha value is -0.150. The van der Waals surface area contributed by atoms with Gasteiger partial charge in [-0.1, -0.05) is 0 Å². The molecular formula is C10H18FNO. The number of halogens is 1. The van der Waals surface area contributed by atoms with Gasteiger partial charge in [-0.25, -0.2) is 4.39 Å². The highest BCUT2D eigenvalue weighted by atomic mass is 19.1. The van der Waals surface area contributed by atoms with Gasteiger partial charge in [0.2, 0.25) is 0 Å². The number of hydrogen-bond donors (Lipinski definition) is 0. The van der Waals surface area contributed by atoms with Crippen molar-refractivity contribution in [3.05, 3.63) is 0 Å². The molecular weight excluding hydrogens is 169 g/mol. The van der Waals surface area contributed by atoms with Gasteiger partial charge in [0.05, 0.1) is 6.61 Å². The standard InChI is InChI=1S/C10H18FNO/c1-2-13-8-10-4-3-5-12(10)7-9(11)6-10/h9H,2-8H2,1H3/t9-,10-/m1/s1. The molecule has 2 rings (SSSR count). The maximum Gasteiger partial charge on any atom is 0.115 e. The molecule has 0 unspecified atom stereocenters. The normalized spacial score (nSPS) is 39.7. The fraction of sp³-hybridized carbons (Fsp3) is 1.00. The van der Waals surface area contributed by atoms with Crippen LogP contribution in [0.5, 0.6) is 0 Å². The molecule has 0 aromatic rings. The van der Waals surface area contributed by atoms with Crippen molar-refractivity contribution >= 4 is 0 Å². The van der Waals surface area contributed by atoms with E-state index in [0.29, 0.717) is 13.0 Å². The largest absolute Gasteiger partial charge is 0.380 e. The molecule has 0 aromatic carbocycles. The molecule has 2 nitrogen and oxygen atoms in total. The third kappa shape index (κ3) is 1.59. The van der Waals surface area contributed by atoms with E-state index in [9.17, 15) is 4.39 Å². The van der Waals surface area contributed by atoms with E-state index in [0.717, 1.165) is 26.2 Å². The highest BCUT2D eigenvalue weighted by Crippen LogP contribution is 2.40. The molecule has 0 spiro atoms. The van der Waals surface area contributed by atoms with Crippen LogP contribution >= 0.6 is 0 Å². The number of rotatable bonds is 3. The van der Waals surface area contributed by atoms with Gasteiger partial charge in [0.25, 0.3) is 0 Å². The molecule has 0 amide bonds. The first-order valence-corrected chi connectivity index (χ1v) is 5.24. The minimum atomic E-state index is -0.624. The predicted molar refractivity (Wildman–Crippen MR) is 49.5 cm³/mol. The quantitative estimate of drug-likeness (QED) is 0.665. The van der Waals surface area contributed by atoms with Crippen LogP contribution in [0.2, 0.25) is 0 Å². The van der Waals surface area contributed by atoms with E-state index in [1.54, 1.807) is 0 Å². The molecule has 2 atom stereocenters. The van der Waals surface area contributed by atoms with Crippen molar-refractivity contribution in [2.75, 3.05) is 26.3 Å². The van der Waals surface area contributed by atoms with Crippen molar-refractivity contribution < 1.29 is 9.13 Å². The Morgan fingerprint density at radius 2 is 2.46 bits per heavy atom. The summed E-state index contributed by atoms with van der Waals surface area (Å²) in [7, 11) is 0. The summed E-state index contributed by atoms with van der Waals surface area (Å²) in [6, 6.07) is 0. The van der Waals surface area contributed by atoms with Crippen LogP contribution < -0.4 is 0 Å². The lowest BCUT2D eigenvalue weighted by Crippen LogP contribution is -2.42. The van der Waals surface area contributed by atoms with E-state index in [-0.39, 0.29) is 5.54 Å². The van der Waals surface area contributed by atoms with Gasteiger partial charge >= 0.3 is 0 Å². The van der Waals surface area contributed by atoms with E-state index >= 15 is 0 Å². The molecule has 0 aromatic heterocycles. The molecule has 0 aliphatic carbocycles. The second kappa shape index (κ2) is 3.54. The number of ether oxygens (including phenoxy) is 1. The zero-order valence-electron chi connectivity index (χ0n) is 8.26. The van der Waals surface area contributed by atoms with Crippen LogP contribution in [0.3, 0.4) is 0 Å². The summed E-state index contributed by atoms with van der Waals surface area (Å²) in [4.78, 5) is 2.29. The van der Waals surface area contributed by atoms with Gasteiger partial charge < -0.3 is 4.74 Å². The van der Waals surface area contributed by atoms with E-state index < -0.39 is 6.17 Å². The highest BCUT2D eigenvalue weighted by molar-refractivity contribution is 5.03. The van der Waals surface area contributed by atoms with Crippen molar-refractivity contribution in [2.45, 2.75) is 37.9 Å². The SMILES string of the molecule is CCOC[C@]12CCCN1C[C@H](F)C2. The molecule has 76 valence electrons. The van der Waals surface area contributed by atoms with Crippen molar-refractivity contribution in [3.8, 4) is 0 Å². The average Bonchev–Trinajstić information content (AvgIpc) is 2.57. The van der Waals surface area contributed by atoms with E-state index in [1.165, 1.54) is 6.42 Å². The third-order valence-corrected chi connectivity index (χ3v) is 3.34. The Labute approximate surface area is 79.1 Å². The minimum Gasteiger partial charge on any atom is -0.380 e. The lowest BCUT2D eigenvalue weighted by atomic mass is 9.95. The molecule has 3 heteroatoms. The zero-order valence-corrected chi connectivity index (χ0v) is 8.26. The zero-order chi connectivity index (χ0) is 9.31. The fourth-order valence-electron chi connectivity index (χ4n) is 2.74. The topological polar surface area (TPSA) is 12.5 Å². The Bertz CT molecular complexity index is 188. The number of alkyl halides is 1. The van der Waals surface area contributed by atoms with Crippen molar-refractivity contribution in [2.24, 2.45) is 0 Å². The van der Waals surface area contributed by atoms with E-state index in [4.69, 9.17) is 4.74 Å². The Morgan fingerprint density at radius 1 is 1.62 bits per heavy atom. The first-order chi connectivity index (χ1) is 6.27. The molecule has 0 saturated carbocycles. The first kappa shape index (κ1) is 9.41. The summed E-state index contributed by atoms with van der Waals surface area (Å²) in [6.45, 7) is 5.16. The summed E-state index contributed by atoms with van der Waals surface area (Å²) in [6.07, 6.45) is 2.39. The van der Waals surface area contributed by atoms with E-state index in [2.05, 4.69) is 4.90 Å². The van der Waals surface area contributed by atoms with Gasteiger partial charge in [-0.3, -0.25) is 4.90 Å². The van der Waals surface area contributed by atoms with Crippen LogP contribution in [0.4, 0.5) is 4.39 Å². The maximum atomic E-state index is 13.2. The van der Waals surface area contributed by atoms with Gasteiger partial charge in [0, 0.05) is 25.1 Å². The third-order valence-electron chi connectivity index (χ3n) is 3.34. The first-order valence-electron chi connectivity index (χ1n) is 5.24. The summed E-state index contributed by atoms with van der Waals surface area (Å²) >= 11 is 0. The second-order valence-electron chi connectivity index (χ2n) is 4.21. The molecule has 2 saturated heterocycles. The molecule has 2 heterocycles. The van der Waals surface area contributed by atoms with Crippen molar-refractivity contribution in [1.29, 1.82) is 0 Å². The predicted octanol–water partition coefficient (Wildman–Crippen LogP) is 1.60. The maximum absolute atomic E-state index is 13.2. The molecule has 2 fully saturated rings. The number of fused-ring (bicyclic) bond motifs is 1. The van der Waals surface area contributed by atoms with Crippen LogP contribution in [0.15, 0.2) is 0 Å². The van der Waals surface area contributed by atoms with Crippen LogP contribution in [0.25, 0.3) is 0 Å². The van der Waals surface area contributed by atoms with E-state index in [1.807, 2.05) is 6.92 Å². The average molecular weight is 187 g/mol. The lowest BCUT2D eigenvalue weighted by molar-refractivity contribution is 0.0413. The second-order valence-corrected chi connectivity index (χ2v) is 4.21. The van der Waals surface area contributed by atoms with Gasteiger partial charge in [0.15, 0.2) is 0 Å². The van der Waals surface area contributed by atoms with Crippen LogP contribution in [-0.4, -0.2) is 42.9 Å². The lowest BCUT2D eigenvalue weighted by Gasteiger charge is -2.30. The molecule has 2 aliphatic rings. The molecule has 0 bridgehead atoms.